The fourth-order valence-corrected chi connectivity index (χ4v) is 5.36. The van der Waals surface area contributed by atoms with E-state index in [-0.39, 0.29) is 11.9 Å². The Balaban J connectivity index is 1.48. The molecule has 5 rings (SSSR count). The van der Waals surface area contributed by atoms with Crippen molar-refractivity contribution in [3.63, 3.8) is 0 Å². The average molecular weight is 446 g/mol. The molecular formula is C32H31NO. The fourth-order valence-electron chi connectivity index (χ4n) is 5.36. The summed E-state index contributed by atoms with van der Waals surface area (Å²) < 4.78 is 0. The summed E-state index contributed by atoms with van der Waals surface area (Å²) in [5.41, 5.74) is 6.07. The van der Waals surface area contributed by atoms with Crippen LogP contribution in [0.1, 0.15) is 59.9 Å². The highest BCUT2D eigenvalue weighted by molar-refractivity contribution is 5.95. The van der Waals surface area contributed by atoms with Crippen LogP contribution in [0, 0.1) is 0 Å². The van der Waals surface area contributed by atoms with Gasteiger partial charge in [0.2, 0.25) is 5.91 Å². The molecule has 0 radical (unpaired) electrons. The van der Waals surface area contributed by atoms with Gasteiger partial charge in [-0.05, 0) is 66.0 Å². The Labute approximate surface area is 202 Å². The van der Waals surface area contributed by atoms with Crippen LogP contribution in [-0.2, 0) is 11.2 Å². The molecule has 1 atom stereocenters. The number of benzene rings is 4. The van der Waals surface area contributed by atoms with Crippen molar-refractivity contribution in [2.75, 3.05) is 4.90 Å². The molecule has 170 valence electrons. The van der Waals surface area contributed by atoms with Crippen LogP contribution in [0.15, 0.2) is 115 Å². The second kappa shape index (κ2) is 10.5. The lowest BCUT2D eigenvalue weighted by Crippen LogP contribution is -2.36. The number of carbonyl (C=O) groups excluding carboxylic acids is 1. The first-order valence-corrected chi connectivity index (χ1v) is 12.4. The predicted octanol–water partition coefficient (Wildman–Crippen LogP) is 7.71. The van der Waals surface area contributed by atoms with Crippen LogP contribution in [0.3, 0.4) is 0 Å². The maximum atomic E-state index is 14.0. The standard InChI is InChI=1S/C32H31NO/c34-31(24-23-26-19-12-18-25-13-10-11-22-30(25)26)33(29-20-8-3-9-21-29)32(27-14-4-1-5-15-27)28-16-6-2-7-17-28/h1-11,13-17,20-22,26,32H,12,18-19,23-24H2. The summed E-state index contributed by atoms with van der Waals surface area (Å²) in [6, 6.07) is 39.5. The number of rotatable bonds is 7. The normalized spacial score (nSPS) is 15.0. The monoisotopic (exact) mass is 445 g/mol. The number of anilines is 1. The Bertz CT molecular complexity index is 1160. The molecule has 0 saturated carbocycles. The summed E-state index contributed by atoms with van der Waals surface area (Å²) in [5.74, 6) is 0.630. The van der Waals surface area contributed by atoms with Gasteiger partial charge in [0, 0.05) is 12.1 Å². The average Bonchev–Trinajstić information content (AvgIpc) is 2.91. The van der Waals surface area contributed by atoms with Gasteiger partial charge >= 0.3 is 0 Å². The van der Waals surface area contributed by atoms with Gasteiger partial charge in [0.05, 0.1) is 6.04 Å². The summed E-state index contributed by atoms with van der Waals surface area (Å²) >= 11 is 0. The van der Waals surface area contributed by atoms with E-state index in [9.17, 15) is 4.79 Å². The summed E-state index contributed by atoms with van der Waals surface area (Å²) in [4.78, 5) is 16.0. The van der Waals surface area contributed by atoms with Gasteiger partial charge in [0.25, 0.3) is 0 Å². The molecule has 4 aromatic carbocycles. The van der Waals surface area contributed by atoms with E-state index in [4.69, 9.17) is 0 Å². The number of nitrogens with zero attached hydrogens (tertiary/aromatic N) is 1. The molecule has 0 bridgehead atoms. The topological polar surface area (TPSA) is 20.3 Å². The van der Waals surface area contributed by atoms with Gasteiger partial charge in [-0.2, -0.15) is 0 Å². The molecule has 1 unspecified atom stereocenters. The molecule has 0 heterocycles. The third kappa shape index (κ3) is 4.82. The van der Waals surface area contributed by atoms with E-state index in [0.717, 1.165) is 36.1 Å². The molecule has 0 spiro atoms. The van der Waals surface area contributed by atoms with Crippen molar-refractivity contribution < 1.29 is 4.79 Å². The zero-order chi connectivity index (χ0) is 23.2. The number of hydrogen-bond acceptors (Lipinski definition) is 1. The van der Waals surface area contributed by atoms with Gasteiger partial charge in [0.1, 0.15) is 0 Å². The highest BCUT2D eigenvalue weighted by Crippen LogP contribution is 2.37. The molecule has 0 aromatic heterocycles. The molecule has 1 amide bonds. The first-order valence-electron chi connectivity index (χ1n) is 12.4. The van der Waals surface area contributed by atoms with Gasteiger partial charge in [0.15, 0.2) is 0 Å². The number of hydrogen-bond donors (Lipinski definition) is 0. The van der Waals surface area contributed by atoms with Gasteiger partial charge < -0.3 is 4.90 Å². The Morgan fingerprint density at radius 1 is 0.735 bits per heavy atom. The zero-order valence-corrected chi connectivity index (χ0v) is 19.5. The number of para-hydroxylation sites is 1. The van der Waals surface area contributed by atoms with E-state index in [2.05, 4.69) is 72.8 Å². The van der Waals surface area contributed by atoms with E-state index in [1.54, 1.807) is 0 Å². The van der Waals surface area contributed by atoms with Crippen molar-refractivity contribution >= 4 is 11.6 Å². The van der Waals surface area contributed by atoms with Gasteiger partial charge in [-0.25, -0.2) is 0 Å². The van der Waals surface area contributed by atoms with Crippen LogP contribution in [0.5, 0.6) is 0 Å². The van der Waals surface area contributed by atoms with E-state index < -0.39 is 0 Å². The largest absolute Gasteiger partial charge is 0.301 e. The molecule has 0 fully saturated rings. The van der Waals surface area contributed by atoms with Crippen molar-refractivity contribution in [1.82, 2.24) is 0 Å². The van der Waals surface area contributed by atoms with Gasteiger partial charge in [-0.3, -0.25) is 4.79 Å². The van der Waals surface area contributed by atoms with Crippen LogP contribution < -0.4 is 4.90 Å². The van der Waals surface area contributed by atoms with Crippen LogP contribution in [0.25, 0.3) is 0 Å². The highest BCUT2D eigenvalue weighted by Gasteiger charge is 2.29. The minimum atomic E-state index is -0.170. The molecule has 0 saturated heterocycles. The van der Waals surface area contributed by atoms with Gasteiger partial charge in [-0.1, -0.05) is 103 Å². The van der Waals surface area contributed by atoms with Crippen molar-refractivity contribution in [3.05, 3.63) is 138 Å². The lowest BCUT2D eigenvalue weighted by atomic mass is 9.80. The van der Waals surface area contributed by atoms with E-state index >= 15 is 0 Å². The number of amides is 1. The van der Waals surface area contributed by atoms with E-state index in [0.29, 0.717) is 12.3 Å². The Kier molecular flexibility index (Phi) is 6.86. The van der Waals surface area contributed by atoms with Gasteiger partial charge in [-0.15, -0.1) is 0 Å². The fraction of sp³-hybridized carbons (Fsp3) is 0.219. The molecule has 4 aromatic rings. The smallest absolute Gasteiger partial charge is 0.227 e. The number of fused-ring (bicyclic) bond motifs is 1. The van der Waals surface area contributed by atoms with Crippen LogP contribution in [0.4, 0.5) is 5.69 Å². The maximum absolute atomic E-state index is 14.0. The maximum Gasteiger partial charge on any atom is 0.227 e. The molecule has 2 nitrogen and oxygen atoms in total. The minimum Gasteiger partial charge on any atom is -0.301 e. The molecule has 1 aliphatic carbocycles. The third-order valence-electron chi connectivity index (χ3n) is 6.99. The third-order valence-corrected chi connectivity index (χ3v) is 6.99. The lowest BCUT2D eigenvalue weighted by molar-refractivity contribution is -0.119. The Morgan fingerprint density at radius 2 is 1.29 bits per heavy atom. The Hall–Kier alpha value is -3.65. The lowest BCUT2D eigenvalue weighted by Gasteiger charge is -2.34. The van der Waals surface area contributed by atoms with Crippen molar-refractivity contribution in [3.8, 4) is 0 Å². The van der Waals surface area contributed by atoms with E-state index in [1.807, 2.05) is 47.4 Å². The zero-order valence-electron chi connectivity index (χ0n) is 19.5. The number of aryl methyl sites for hydroxylation is 1. The summed E-state index contributed by atoms with van der Waals surface area (Å²) in [5, 5.41) is 0. The molecule has 1 aliphatic rings. The van der Waals surface area contributed by atoms with Crippen molar-refractivity contribution in [2.45, 2.75) is 44.1 Å². The molecule has 2 heteroatoms. The number of carbonyl (C=O) groups is 1. The summed E-state index contributed by atoms with van der Waals surface area (Å²) in [7, 11) is 0. The first-order chi connectivity index (χ1) is 16.8. The second-order valence-corrected chi connectivity index (χ2v) is 9.15. The van der Waals surface area contributed by atoms with Crippen LogP contribution in [0.2, 0.25) is 0 Å². The SMILES string of the molecule is O=C(CCC1CCCc2ccccc21)N(c1ccccc1)C(c1ccccc1)c1ccccc1. The first kappa shape index (κ1) is 22.2. The summed E-state index contributed by atoms with van der Waals surface area (Å²) in [6.45, 7) is 0. The highest BCUT2D eigenvalue weighted by atomic mass is 16.2. The quantitative estimate of drug-likeness (QED) is 0.285. The molecule has 0 N–H and O–H groups in total. The predicted molar refractivity (Wildman–Crippen MR) is 140 cm³/mol. The molecule has 34 heavy (non-hydrogen) atoms. The molecular weight excluding hydrogens is 414 g/mol. The van der Waals surface area contributed by atoms with Crippen LogP contribution >= 0.6 is 0 Å². The summed E-state index contributed by atoms with van der Waals surface area (Å²) in [6.07, 6.45) is 4.94. The van der Waals surface area contributed by atoms with Crippen molar-refractivity contribution in [1.29, 1.82) is 0 Å². The molecule has 0 aliphatic heterocycles. The minimum absolute atomic E-state index is 0.170. The second-order valence-electron chi connectivity index (χ2n) is 9.15. The Morgan fingerprint density at radius 3 is 1.94 bits per heavy atom. The van der Waals surface area contributed by atoms with Crippen LogP contribution in [-0.4, -0.2) is 5.91 Å². The van der Waals surface area contributed by atoms with E-state index in [1.165, 1.54) is 17.5 Å². The van der Waals surface area contributed by atoms with Crippen molar-refractivity contribution in [2.24, 2.45) is 0 Å².